The van der Waals surface area contributed by atoms with E-state index in [-0.39, 0.29) is 24.1 Å². The van der Waals surface area contributed by atoms with Gasteiger partial charge in [0.15, 0.2) is 0 Å². The highest BCUT2D eigenvalue weighted by Crippen LogP contribution is 2.28. The van der Waals surface area contributed by atoms with Crippen molar-refractivity contribution in [3.63, 3.8) is 0 Å². The third-order valence-electron chi connectivity index (χ3n) is 5.24. The number of hydrogen-bond donors (Lipinski definition) is 3. The summed E-state index contributed by atoms with van der Waals surface area (Å²) in [6.07, 6.45) is 1.81. The average molecular weight is 342 g/mol. The van der Waals surface area contributed by atoms with Gasteiger partial charge in [-0.25, -0.2) is 0 Å². The van der Waals surface area contributed by atoms with Crippen LogP contribution in [0, 0.1) is 0 Å². The summed E-state index contributed by atoms with van der Waals surface area (Å²) in [4.78, 5) is 37.6. The number of fused-ring (bicyclic) bond motifs is 1. The molecule has 25 heavy (non-hydrogen) atoms. The van der Waals surface area contributed by atoms with E-state index in [1.807, 2.05) is 12.1 Å². The van der Waals surface area contributed by atoms with Crippen LogP contribution < -0.4 is 16.0 Å². The SMILES string of the molecule is O=C1CCC(N2Cc3cc(CN[C@H]4CCNC4)ccc3C2=O)C(=O)N1. The minimum Gasteiger partial charge on any atom is -0.322 e. The lowest BCUT2D eigenvalue weighted by atomic mass is 10.0. The molecule has 0 aliphatic carbocycles. The summed E-state index contributed by atoms with van der Waals surface area (Å²) >= 11 is 0. The van der Waals surface area contributed by atoms with Crippen molar-refractivity contribution < 1.29 is 14.4 Å². The number of carbonyl (C=O) groups excluding carboxylic acids is 3. The van der Waals surface area contributed by atoms with Crippen LogP contribution in [0.25, 0.3) is 0 Å². The largest absolute Gasteiger partial charge is 0.322 e. The Morgan fingerprint density at radius 1 is 1.20 bits per heavy atom. The zero-order valence-corrected chi connectivity index (χ0v) is 14.0. The number of nitrogens with zero attached hydrogens (tertiary/aromatic N) is 1. The molecule has 132 valence electrons. The Morgan fingerprint density at radius 2 is 2.08 bits per heavy atom. The van der Waals surface area contributed by atoms with Crippen molar-refractivity contribution in [1.29, 1.82) is 0 Å². The molecule has 3 aliphatic heterocycles. The normalized spacial score (nSPS) is 26.1. The molecule has 3 N–H and O–H groups in total. The fraction of sp³-hybridized carbons (Fsp3) is 0.500. The van der Waals surface area contributed by atoms with Gasteiger partial charge < -0.3 is 15.5 Å². The van der Waals surface area contributed by atoms with E-state index in [1.165, 1.54) is 0 Å². The summed E-state index contributed by atoms with van der Waals surface area (Å²) in [6.45, 7) is 3.25. The Kier molecular flexibility index (Phi) is 4.27. The van der Waals surface area contributed by atoms with Crippen molar-refractivity contribution in [3.8, 4) is 0 Å². The van der Waals surface area contributed by atoms with Gasteiger partial charge in [-0.05, 0) is 36.6 Å². The molecule has 0 aromatic heterocycles. The van der Waals surface area contributed by atoms with E-state index in [0.717, 1.165) is 37.2 Å². The van der Waals surface area contributed by atoms with Crippen LogP contribution in [-0.2, 0) is 22.7 Å². The van der Waals surface area contributed by atoms with Crippen LogP contribution >= 0.6 is 0 Å². The first-order chi connectivity index (χ1) is 12.1. The van der Waals surface area contributed by atoms with E-state index in [1.54, 1.807) is 4.90 Å². The second-order valence-corrected chi connectivity index (χ2v) is 6.96. The Labute approximate surface area is 146 Å². The second-order valence-electron chi connectivity index (χ2n) is 6.96. The van der Waals surface area contributed by atoms with Crippen molar-refractivity contribution in [3.05, 3.63) is 34.9 Å². The van der Waals surface area contributed by atoms with E-state index >= 15 is 0 Å². The topological polar surface area (TPSA) is 90.5 Å². The van der Waals surface area contributed by atoms with Gasteiger partial charge in [0.25, 0.3) is 5.91 Å². The summed E-state index contributed by atoms with van der Waals surface area (Å²) < 4.78 is 0. The maximum atomic E-state index is 12.6. The van der Waals surface area contributed by atoms with Crippen molar-refractivity contribution >= 4 is 17.7 Å². The average Bonchev–Trinajstić information content (AvgIpc) is 3.21. The molecule has 7 heteroatoms. The van der Waals surface area contributed by atoms with Gasteiger partial charge in [0.05, 0.1) is 0 Å². The highest BCUT2D eigenvalue weighted by atomic mass is 16.2. The first-order valence-electron chi connectivity index (χ1n) is 8.82. The lowest BCUT2D eigenvalue weighted by molar-refractivity contribution is -0.136. The van der Waals surface area contributed by atoms with E-state index in [9.17, 15) is 14.4 Å². The molecule has 0 radical (unpaired) electrons. The van der Waals surface area contributed by atoms with E-state index in [4.69, 9.17) is 0 Å². The first-order valence-corrected chi connectivity index (χ1v) is 8.82. The number of benzene rings is 1. The molecule has 4 rings (SSSR count). The Bertz CT molecular complexity index is 727. The van der Waals surface area contributed by atoms with Crippen LogP contribution in [0.3, 0.4) is 0 Å². The second kappa shape index (κ2) is 6.57. The van der Waals surface area contributed by atoms with Crippen molar-refractivity contribution in [2.24, 2.45) is 0 Å². The highest BCUT2D eigenvalue weighted by Gasteiger charge is 2.39. The van der Waals surface area contributed by atoms with Crippen LogP contribution in [0.2, 0.25) is 0 Å². The van der Waals surface area contributed by atoms with Gasteiger partial charge in [0.2, 0.25) is 11.8 Å². The monoisotopic (exact) mass is 342 g/mol. The zero-order chi connectivity index (χ0) is 17.4. The number of amides is 3. The number of rotatable bonds is 4. The number of piperidine rings is 1. The van der Waals surface area contributed by atoms with Crippen LogP contribution in [0.15, 0.2) is 18.2 Å². The molecule has 0 saturated carbocycles. The number of hydrogen-bond acceptors (Lipinski definition) is 5. The van der Waals surface area contributed by atoms with Gasteiger partial charge >= 0.3 is 0 Å². The van der Waals surface area contributed by atoms with Gasteiger partial charge in [0.1, 0.15) is 6.04 Å². The molecule has 2 atom stereocenters. The van der Waals surface area contributed by atoms with Gasteiger partial charge in [-0.1, -0.05) is 12.1 Å². The standard InChI is InChI=1S/C18H22N4O3/c23-16-4-3-15(17(24)21-16)22-10-12-7-11(1-2-14(12)18(22)25)8-20-13-5-6-19-9-13/h1-2,7,13,15,19-20H,3-6,8-10H2,(H,21,23,24)/t13-,15?/m0/s1. The minimum absolute atomic E-state index is 0.121. The first kappa shape index (κ1) is 16.2. The summed E-state index contributed by atoms with van der Waals surface area (Å²) in [5.74, 6) is -0.753. The molecule has 1 aromatic carbocycles. The summed E-state index contributed by atoms with van der Waals surface area (Å²) in [7, 11) is 0. The number of imide groups is 1. The van der Waals surface area contributed by atoms with Gasteiger partial charge in [-0.3, -0.25) is 19.7 Å². The van der Waals surface area contributed by atoms with Crippen molar-refractivity contribution in [2.45, 2.75) is 44.4 Å². The fourth-order valence-electron chi connectivity index (χ4n) is 3.83. The smallest absolute Gasteiger partial charge is 0.255 e. The van der Waals surface area contributed by atoms with Gasteiger partial charge in [0, 0.05) is 37.7 Å². The molecular weight excluding hydrogens is 320 g/mol. The fourth-order valence-corrected chi connectivity index (χ4v) is 3.83. The molecule has 2 saturated heterocycles. The van der Waals surface area contributed by atoms with Crippen LogP contribution in [0.1, 0.15) is 40.7 Å². The molecule has 3 heterocycles. The lowest BCUT2D eigenvalue weighted by Gasteiger charge is -2.29. The van der Waals surface area contributed by atoms with Crippen LogP contribution in [0.5, 0.6) is 0 Å². The highest BCUT2D eigenvalue weighted by molar-refractivity contribution is 6.05. The number of carbonyl (C=O) groups is 3. The molecule has 2 fully saturated rings. The molecule has 0 spiro atoms. The maximum absolute atomic E-state index is 12.6. The number of nitrogens with one attached hydrogen (secondary N) is 3. The summed E-state index contributed by atoms with van der Waals surface area (Å²) in [6, 6.07) is 5.82. The predicted molar refractivity (Wildman–Crippen MR) is 90.6 cm³/mol. The zero-order valence-electron chi connectivity index (χ0n) is 14.0. The maximum Gasteiger partial charge on any atom is 0.255 e. The van der Waals surface area contributed by atoms with Crippen molar-refractivity contribution in [1.82, 2.24) is 20.9 Å². The summed E-state index contributed by atoms with van der Waals surface area (Å²) in [5.41, 5.74) is 2.76. The molecule has 3 amide bonds. The lowest BCUT2D eigenvalue weighted by Crippen LogP contribution is -2.52. The minimum atomic E-state index is -0.552. The van der Waals surface area contributed by atoms with Crippen molar-refractivity contribution in [2.75, 3.05) is 13.1 Å². The molecule has 0 bridgehead atoms. The van der Waals surface area contributed by atoms with E-state index in [2.05, 4.69) is 22.0 Å². The quantitative estimate of drug-likeness (QED) is 0.665. The third-order valence-corrected chi connectivity index (χ3v) is 5.24. The third kappa shape index (κ3) is 3.17. The Hall–Kier alpha value is -2.25. The van der Waals surface area contributed by atoms with Gasteiger partial charge in [-0.2, -0.15) is 0 Å². The van der Waals surface area contributed by atoms with E-state index in [0.29, 0.717) is 24.6 Å². The van der Waals surface area contributed by atoms with Crippen LogP contribution in [0.4, 0.5) is 0 Å². The molecule has 1 unspecified atom stereocenters. The van der Waals surface area contributed by atoms with E-state index < -0.39 is 6.04 Å². The molecule has 3 aliphatic rings. The van der Waals surface area contributed by atoms with Gasteiger partial charge in [-0.15, -0.1) is 0 Å². The Balaban J connectivity index is 1.45. The molecule has 1 aromatic rings. The Morgan fingerprint density at radius 3 is 2.84 bits per heavy atom. The molecule has 7 nitrogen and oxygen atoms in total. The summed E-state index contributed by atoms with van der Waals surface area (Å²) in [5, 5.41) is 9.18. The van der Waals surface area contributed by atoms with Crippen LogP contribution in [-0.4, -0.2) is 47.8 Å². The predicted octanol–water partition coefficient (Wildman–Crippen LogP) is -0.101. The molecular formula is C18H22N4O3.